The second-order valence-electron chi connectivity index (χ2n) is 16.5. The molecular weight excluding hydrogens is 707 g/mol. The van der Waals surface area contributed by atoms with Crippen LogP contribution in [-0.2, 0) is 14.9 Å². The Morgan fingerprint density at radius 2 is 0.818 bits per heavy atom. The van der Waals surface area contributed by atoms with Crippen LogP contribution in [0.15, 0.2) is 24.3 Å². The second kappa shape index (κ2) is 41.0. The number of nitrogens with one attached hydrogen (secondary N) is 1. The van der Waals surface area contributed by atoms with Gasteiger partial charge in [0.15, 0.2) is 0 Å². The smallest absolute Gasteiger partial charge is 0.267 e. The lowest BCUT2D eigenvalue weighted by Crippen LogP contribution is -2.50. The molecule has 1 amide bonds. The molecule has 0 aromatic carbocycles. The number of hydrogen-bond donors (Lipinski definition) is 4. The van der Waals surface area contributed by atoms with Crippen LogP contribution < -0.4 is 5.32 Å². The molecule has 3 atom stereocenters. The number of rotatable bonds is 43. The maximum Gasteiger partial charge on any atom is 0.267 e. The Morgan fingerprint density at radius 1 is 0.491 bits per heavy atom. The normalized spacial score (nSPS) is 13.9. The molecule has 3 unspecified atom stereocenters. The summed E-state index contributed by atoms with van der Waals surface area (Å²) in [5, 5.41) is 23.5. The fraction of sp³-hybridized carbons (Fsp3) is 0.894. The molecule has 0 aliphatic rings. The third kappa shape index (κ3) is 40.8. The Balaban J connectivity index is 3.97. The van der Waals surface area contributed by atoms with Crippen molar-refractivity contribution in [3.63, 3.8) is 0 Å². The largest absolute Gasteiger partial charge is 0.387 e. The first-order chi connectivity index (χ1) is 26.7. The predicted molar refractivity (Wildman–Crippen MR) is 236 cm³/mol. The van der Waals surface area contributed by atoms with Crippen LogP contribution in [0, 0.1) is 0 Å². The molecule has 0 spiro atoms. The Hall–Kier alpha value is -1.22. The highest BCUT2D eigenvalue weighted by Gasteiger charge is 2.27. The molecule has 8 heteroatoms. The van der Waals surface area contributed by atoms with E-state index in [1.54, 1.807) is 6.08 Å². The molecule has 7 nitrogen and oxygen atoms in total. The van der Waals surface area contributed by atoms with E-state index in [1.165, 1.54) is 186 Å². The lowest BCUT2D eigenvalue weighted by atomic mass is 10.0. The van der Waals surface area contributed by atoms with Crippen molar-refractivity contribution in [1.29, 1.82) is 0 Å². The van der Waals surface area contributed by atoms with Gasteiger partial charge in [-0.05, 0) is 32.1 Å². The molecule has 0 heterocycles. The first-order valence-corrected chi connectivity index (χ1v) is 25.3. The topological polar surface area (TPSA) is 124 Å². The van der Waals surface area contributed by atoms with Gasteiger partial charge in [0.1, 0.15) is 6.10 Å². The molecule has 0 aliphatic carbocycles. The maximum absolute atomic E-state index is 12.6. The molecule has 55 heavy (non-hydrogen) atoms. The number of aliphatic hydroxyl groups excluding tert-OH is 2. The molecule has 0 saturated heterocycles. The number of allylic oxidation sites excluding steroid dienone is 3. The highest BCUT2D eigenvalue weighted by atomic mass is 32.2. The van der Waals surface area contributed by atoms with E-state index in [0.29, 0.717) is 12.8 Å². The zero-order valence-electron chi connectivity index (χ0n) is 36.2. The number of carbonyl (C=O) groups is 1. The number of hydrogen-bond acceptors (Lipinski definition) is 5. The summed E-state index contributed by atoms with van der Waals surface area (Å²) in [6.07, 6.45) is 49.6. The summed E-state index contributed by atoms with van der Waals surface area (Å²) in [4.78, 5) is 12.6. The van der Waals surface area contributed by atoms with Crippen LogP contribution in [0.25, 0.3) is 0 Å². The molecule has 4 N–H and O–H groups in total. The predicted octanol–water partition coefficient (Wildman–Crippen LogP) is 13.3. The van der Waals surface area contributed by atoms with Gasteiger partial charge < -0.3 is 15.5 Å². The second-order valence-corrected chi connectivity index (χ2v) is 18.0. The van der Waals surface area contributed by atoms with Crippen LogP contribution in [0.3, 0.4) is 0 Å². The minimum absolute atomic E-state index is 0.279. The van der Waals surface area contributed by atoms with Crippen molar-refractivity contribution < 1.29 is 28.0 Å². The van der Waals surface area contributed by atoms with Crippen molar-refractivity contribution in [1.82, 2.24) is 5.32 Å². The quantitative estimate of drug-likeness (QED) is 0.0277. The number of carbonyl (C=O) groups excluding carboxylic acids is 1. The monoisotopic (exact) mass is 798 g/mol. The van der Waals surface area contributed by atoms with Crippen molar-refractivity contribution in [2.45, 2.75) is 263 Å². The van der Waals surface area contributed by atoms with Crippen LogP contribution in [-0.4, -0.2) is 53.1 Å². The highest BCUT2D eigenvalue weighted by molar-refractivity contribution is 7.85. The minimum atomic E-state index is -4.45. The van der Waals surface area contributed by atoms with Crippen LogP contribution in [0.1, 0.15) is 245 Å². The van der Waals surface area contributed by atoms with Crippen molar-refractivity contribution in [3.05, 3.63) is 24.3 Å². The Kier molecular flexibility index (Phi) is 40.0. The van der Waals surface area contributed by atoms with Gasteiger partial charge in [0.2, 0.25) is 5.91 Å². The number of aliphatic hydroxyl groups is 2. The summed E-state index contributed by atoms with van der Waals surface area (Å²) in [5.74, 6) is -1.55. The lowest BCUT2D eigenvalue weighted by Gasteiger charge is -2.22. The average molecular weight is 798 g/mol. The first kappa shape index (κ1) is 53.8. The van der Waals surface area contributed by atoms with Gasteiger partial charge in [0.05, 0.1) is 17.9 Å². The van der Waals surface area contributed by atoms with E-state index in [9.17, 15) is 28.0 Å². The van der Waals surface area contributed by atoms with E-state index in [-0.39, 0.29) is 6.42 Å². The van der Waals surface area contributed by atoms with E-state index < -0.39 is 40.0 Å². The fourth-order valence-electron chi connectivity index (χ4n) is 7.36. The zero-order chi connectivity index (χ0) is 40.5. The van der Waals surface area contributed by atoms with Gasteiger partial charge in [-0.15, -0.1) is 0 Å². The molecular formula is C47H91NO6S. The molecule has 0 bridgehead atoms. The van der Waals surface area contributed by atoms with Crippen LogP contribution in [0.2, 0.25) is 0 Å². The Morgan fingerprint density at radius 3 is 1.20 bits per heavy atom. The van der Waals surface area contributed by atoms with Gasteiger partial charge >= 0.3 is 0 Å². The van der Waals surface area contributed by atoms with Gasteiger partial charge in [-0.2, -0.15) is 8.42 Å². The van der Waals surface area contributed by atoms with E-state index in [1.807, 2.05) is 0 Å². The summed E-state index contributed by atoms with van der Waals surface area (Å²) in [6, 6.07) is -1.25. The van der Waals surface area contributed by atoms with E-state index in [4.69, 9.17) is 0 Å². The average Bonchev–Trinajstić information content (AvgIpc) is 3.15. The maximum atomic E-state index is 12.6. The molecule has 0 rings (SSSR count). The number of amides is 1. The van der Waals surface area contributed by atoms with Gasteiger partial charge in [0, 0.05) is 0 Å². The van der Waals surface area contributed by atoms with Gasteiger partial charge in [-0.1, -0.05) is 237 Å². The summed E-state index contributed by atoms with van der Waals surface area (Å²) >= 11 is 0. The van der Waals surface area contributed by atoms with Crippen molar-refractivity contribution in [2.24, 2.45) is 0 Å². The van der Waals surface area contributed by atoms with Crippen molar-refractivity contribution in [2.75, 3.05) is 5.75 Å². The Bertz CT molecular complexity index is 984. The van der Waals surface area contributed by atoms with E-state index >= 15 is 0 Å². The van der Waals surface area contributed by atoms with Crippen LogP contribution in [0.5, 0.6) is 0 Å². The van der Waals surface area contributed by atoms with E-state index in [0.717, 1.165) is 32.1 Å². The molecule has 0 fully saturated rings. The Labute approximate surface area is 341 Å². The van der Waals surface area contributed by atoms with Gasteiger partial charge in [-0.25, -0.2) is 0 Å². The molecule has 0 saturated carbocycles. The van der Waals surface area contributed by atoms with Crippen molar-refractivity contribution >= 4 is 16.0 Å². The highest BCUT2D eigenvalue weighted by Crippen LogP contribution is 2.16. The van der Waals surface area contributed by atoms with Crippen molar-refractivity contribution in [3.8, 4) is 0 Å². The molecule has 326 valence electrons. The minimum Gasteiger partial charge on any atom is -0.387 e. The SMILES string of the molecule is CCCCCCCCCCCCCCCC/C=C/CC/C=C/C(O)C(CS(=O)(=O)O)NC(=O)C(O)CCCCCCCCCCCCCCCCCCCC. The van der Waals surface area contributed by atoms with E-state index in [2.05, 4.69) is 31.3 Å². The van der Waals surface area contributed by atoms with Gasteiger partial charge in [-0.3, -0.25) is 9.35 Å². The van der Waals surface area contributed by atoms with Crippen LogP contribution >= 0.6 is 0 Å². The molecule has 0 radical (unpaired) electrons. The van der Waals surface area contributed by atoms with Gasteiger partial charge in [0.25, 0.3) is 10.1 Å². The standard InChI is InChI=1S/C47H91NO6S/c1-3-5-7-9-11-13-15-17-19-21-23-24-26-27-29-31-33-35-37-39-41-45(49)44(43-55(52,53)54)48-47(51)46(50)42-40-38-36-34-32-30-28-25-22-20-18-16-14-12-10-8-6-4-2/h31,33,39,41,44-46,49-50H,3-30,32,34-38,40,42-43H2,1-2H3,(H,48,51)(H,52,53,54)/b33-31+,41-39+. The number of unbranched alkanes of at least 4 members (excludes halogenated alkanes) is 32. The van der Waals surface area contributed by atoms with Crippen LogP contribution in [0.4, 0.5) is 0 Å². The fourth-order valence-corrected chi connectivity index (χ4v) is 8.09. The lowest BCUT2D eigenvalue weighted by molar-refractivity contribution is -0.130. The zero-order valence-corrected chi connectivity index (χ0v) is 37.0. The third-order valence-corrected chi connectivity index (χ3v) is 11.8. The third-order valence-electron chi connectivity index (χ3n) is 11.0. The molecule has 0 aromatic heterocycles. The molecule has 0 aliphatic heterocycles. The summed E-state index contributed by atoms with van der Waals surface area (Å²) in [5.41, 5.74) is 0. The summed E-state index contributed by atoms with van der Waals surface area (Å²) < 4.78 is 32.6. The first-order valence-electron chi connectivity index (χ1n) is 23.6. The summed E-state index contributed by atoms with van der Waals surface area (Å²) in [7, 11) is -4.45. The summed E-state index contributed by atoms with van der Waals surface area (Å²) in [6.45, 7) is 4.54. The molecule has 0 aromatic rings.